The Labute approximate surface area is 101 Å². The first-order valence-electron chi connectivity index (χ1n) is 6.46. The maximum absolute atomic E-state index is 9.53. The zero-order valence-electron chi connectivity index (χ0n) is 10.1. The molecule has 2 fully saturated rings. The van der Waals surface area contributed by atoms with Gasteiger partial charge in [-0.2, -0.15) is 0 Å². The highest BCUT2D eigenvalue weighted by Crippen LogP contribution is 2.27. The first kappa shape index (κ1) is 12.8. The van der Waals surface area contributed by atoms with Gasteiger partial charge in [0.2, 0.25) is 0 Å². The van der Waals surface area contributed by atoms with E-state index in [0.29, 0.717) is 12.1 Å². The zero-order chi connectivity index (χ0) is 11.5. The summed E-state index contributed by atoms with van der Waals surface area (Å²) in [5.41, 5.74) is 0. The number of hydrogen-bond donors (Lipinski definition) is 1. The molecule has 0 aromatic rings. The van der Waals surface area contributed by atoms with Crippen LogP contribution in [0.1, 0.15) is 39.0 Å². The molecule has 3 nitrogen and oxygen atoms in total. The number of aliphatic hydroxyl groups excluding tert-OH is 1. The van der Waals surface area contributed by atoms with E-state index in [9.17, 15) is 5.11 Å². The van der Waals surface area contributed by atoms with Gasteiger partial charge in [0, 0.05) is 12.6 Å². The first-order valence-corrected chi connectivity index (χ1v) is 6.97. The molecule has 0 amide bonds. The summed E-state index contributed by atoms with van der Waals surface area (Å²) in [5, 5.41) is 9.53. The van der Waals surface area contributed by atoms with Gasteiger partial charge < -0.3 is 9.84 Å². The molecular weight excluding hydrogens is 221 g/mol. The molecule has 1 N–H and O–H groups in total. The van der Waals surface area contributed by atoms with E-state index in [1.54, 1.807) is 0 Å². The second kappa shape index (κ2) is 5.77. The molecule has 1 aliphatic heterocycles. The van der Waals surface area contributed by atoms with Crippen LogP contribution in [0.5, 0.6) is 0 Å². The van der Waals surface area contributed by atoms with E-state index >= 15 is 0 Å². The van der Waals surface area contributed by atoms with Gasteiger partial charge in [0.15, 0.2) is 0 Å². The van der Waals surface area contributed by atoms with Gasteiger partial charge in [-0.05, 0) is 38.0 Å². The van der Waals surface area contributed by atoms with Crippen LogP contribution >= 0.6 is 9.39 Å². The Morgan fingerprint density at radius 2 is 2.00 bits per heavy atom. The minimum atomic E-state index is -0.169. The highest BCUT2D eigenvalue weighted by Gasteiger charge is 2.29. The molecule has 0 radical (unpaired) electrons. The van der Waals surface area contributed by atoms with Crippen molar-refractivity contribution in [2.24, 2.45) is 5.92 Å². The molecule has 0 aromatic heterocycles. The molecule has 1 aliphatic carbocycles. The Hall–Kier alpha value is 0.310. The predicted octanol–water partition coefficient (Wildman–Crippen LogP) is 1.81. The molecule has 0 bridgehead atoms. The van der Waals surface area contributed by atoms with Gasteiger partial charge in [0.25, 0.3) is 0 Å². The number of β-amino-alcohol motifs (C(OH)–C–C–N with tert-alkyl or cyclic N) is 1. The lowest BCUT2D eigenvalue weighted by molar-refractivity contribution is 0.00278. The molecule has 2 rings (SSSR count). The van der Waals surface area contributed by atoms with Crippen molar-refractivity contribution in [3.8, 4) is 0 Å². The summed E-state index contributed by atoms with van der Waals surface area (Å²) < 4.78 is 8.10. The van der Waals surface area contributed by atoms with Crippen molar-refractivity contribution in [3.05, 3.63) is 0 Å². The molecule has 0 spiro atoms. The lowest BCUT2D eigenvalue weighted by atomic mass is 9.89. The smallest absolute Gasteiger partial charge is 0.0686 e. The molecule has 1 heterocycles. The number of rotatable bonds is 3. The SMILES string of the molecule is CC1CCC(OC[C@@H]2C[C@H](O)CN2P)CC1. The Kier molecular flexibility index (Phi) is 4.60. The molecule has 1 unspecified atom stereocenters. The minimum Gasteiger partial charge on any atom is -0.392 e. The molecule has 16 heavy (non-hydrogen) atoms. The topological polar surface area (TPSA) is 32.7 Å². The van der Waals surface area contributed by atoms with Gasteiger partial charge in [0.05, 0.1) is 18.8 Å². The van der Waals surface area contributed by atoms with Gasteiger partial charge >= 0.3 is 0 Å². The van der Waals surface area contributed by atoms with Gasteiger partial charge in [-0.15, -0.1) is 0 Å². The molecule has 1 saturated heterocycles. The standard InChI is InChI=1S/C12H24NO2P/c1-9-2-4-12(5-3-9)15-8-10-6-11(14)7-13(10)16/h9-12,14H,2-8,16H2,1H3/t9?,10-,11-,12?/m0/s1. The number of hydrogen-bond acceptors (Lipinski definition) is 3. The summed E-state index contributed by atoms with van der Waals surface area (Å²) in [7, 11) is 2.70. The second-order valence-corrected chi connectivity index (χ2v) is 6.12. The quantitative estimate of drug-likeness (QED) is 0.770. The predicted molar refractivity (Wildman–Crippen MR) is 68.2 cm³/mol. The average Bonchev–Trinajstić information content (AvgIpc) is 2.57. The Bertz CT molecular complexity index is 219. The van der Waals surface area contributed by atoms with Crippen LogP contribution in [0, 0.1) is 5.92 Å². The molecule has 1 saturated carbocycles. The summed E-state index contributed by atoms with van der Waals surface area (Å²) in [6, 6.07) is 0.388. The Balaban J connectivity index is 1.67. The maximum atomic E-state index is 9.53. The fourth-order valence-corrected chi connectivity index (χ4v) is 3.17. The Morgan fingerprint density at radius 3 is 2.56 bits per heavy atom. The van der Waals surface area contributed by atoms with Crippen LogP contribution in [0.15, 0.2) is 0 Å². The van der Waals surface area contributed by atoms with Gasteiger partial charge in [-0.1, -0.05) is 16.3 Å². The number of ether oxygens (including phenoxy) is 1. The van der Waals surface area contributed by atoms with Crippen molar-refractivity contribution in [3.63, 3.8) is 0 Å². The maximum Gasteiger partial charge on any atom is 0.0686 e. The van der Waals surface area contributed by atoms with Crippen molar-refractivity contribution < 1.29 is 9.84 Å². The van der Waals surface area contributed by atoms with E-state index in [2.05, 4.69) is 21.0 Å². The highest BCUT2D eigenvalue weighted by molar-refractivity contribution is 7.13. The second-order valence-electron chi connectivity index (χ2n) is 5.46. The van der Waals surface area contributed by atoms with Crippen molar-refractivity contribution >= 4 is 9.39 Å². The summed E-state index contributed by atoms with van der Waals surface area (Å²) in [6.45, 7) is 3.87. The van der Waals surface area contributed by atoms with E-state index in [1.807, 2.05) is 0 Å². The van der Waals surface area contributed by atoms with Crippen LogP contribution in [-0.4, -0.2) is 41.2 Å². The molecule has 94 valence electrons. The normalized spacial score (nSPS) is 41.4. The largest absolute Gasteiger partial charge is 0.392 e. The number of nitrogens with zero attached hydrogens (tertiary/aromatic N) is 1. The minimum absolute atomic E-state index is 0.169. The molecular formula is C12H24NO2P. The van der Waals surface area contributed by atoms with Crippen LogP contribution in [0.25, 0.3) is 0 Å². The van der Waals surface area contributed by atoms with Crippen LogP contribution < -0.4 is 0 Å². The lowest BCUT2D eigenvalue weighted by Gasteiger charge is -2.28. The van der Waals surface area contributed by atoms with Crippen LogP contribution in [0.3, 0.4) is 0 Å². The van der Waals surface area contributed by atoms with Crippen molar-refractivity contribution in [2.45, 2.75) is 57.3 Å². The van der Waals surface area contributed by atoms with Crippen LogP contribution in [-0.2, 0) is 4.74 Å². The monoisotopic (exact) mass is 245 g/mol. The highest BCUT2D eigenvalue weighted by atomic mass is 31.0. The third kappa shape index (κ3) is 3.40. The van der Waals surface area contributed by atoms with Crippen molar-refractivity contribution in [1.82, 2.24) is 4.67 Å². The zero-order valence-corrected chi connectivity index (χ0v) is 11.3. The van der Waals surface area contributed by atoms with Gasteiger partial charge in [-0.25, -0.2) is 0 Å². The first-order chi connectivity index (χ1) is 7.65. The lowest BCUT2D eigenvalue weighted by Crippen LogP contribution is -2.29. The van der Waals surface area contributed by atoms with Crippen LogP contribution in [0.4, 0.5) is 0 Å². The fraction of sp³-hybridized carbons (Fsp3) is 1.00. The van der Waals surface area contributed by atoms with E-state index in [1.165, 1.54) is 25.7 Å². The summed E-state index contributed by atoms with van der Waals surface area (Å²) in [6.07, 6.45) is 6.20. The number of aliphatic hydroxyl groups is 1. The van der Waals surface area contributed by atoms with Crippen LogP contribution in [0.2, 0.25) is 0 Å². The van der Waals surface area contributed by atoms with E-state index in [-0.39, 0.29) is 6.10 Å². The summed E-state index contributed by atoms with van der Waals surface area (Å²) in [4.78, 5) is 0. The van der Waals surface area contributed by atoms with Crippen molar-refractivity contribution in [1.29, 1.82) is 0 Å². The average molecular weight is 245 g/mol. The molecule has 3 atom stereocenters. The molecule has 2 aliphatic rings. The van der Waals surface area contributed by atoms with Gasteiger partial charge in [0.1, 0.15) is 0 Å². The Morgan fingerprint density at radius 1 is 1.31 bits per heavy atom. The van der Waals surface area contributed by atoms with E-state index in [0.717, 1.165) is 25.5 Å². The van der Waals surface area contributed by atoms with E-state index in [4.69, 9.17) is 4.74 Å². The van der Waals surface area contributed by atoms with Gasteiger partial charge in [-0.3, -0.25) is 4.67 Å². The fourth-order valence-electron chi connectivity index (χ4n) is 2.72. The summed E-state index contributed by atoms with van der Waals surface area (Å²) in [5.74, 6) is 0.881. The van der Waals surface area contributed by atoms with E-state index < -0.39 is 0 Å². The van der Waals surface area contributed by atoms with Crippen molar-refractivity contribution in [2.75, 3.05) is 13.2 Å². The third-order valence-corrected chi connectivity index (χ3v) is 4.55. The molecule has 4 heteroatoms. The third-order valence-electron chi connectivity index (χ3n) is 3.92. The summed E-state index contributed by atoms with van der Waals surface area (Å²) >= 11 is 0. The molecule has 0 aromatic carbocycles.